The molecule has 1 aliphatic heterocycles. The zero-order chi connectivity index (χ0) is 12.8. The van der Waals surface area contributed by atoms with Crippen molar-refractivity contribution < 1.29 is 4.74 Å². The van der Waals surface area contributed by atoms with Gasteiger partial charge in [0.25, 0.3) is 0 Å². The molecule has 4 nitrogen and oxygen atoms in total. The lowest BCUT2D eigenvalue weighted by Gasteiger charge is -2.01. The van der Waals surface area contributed by atoms with Crippen LogP contribution in [0.25, 0.3) is 0 Å². The number of aromatic nitrogens is 2. The van der Waals surface area contributed by atoms with Gasteiger partial charge in [0.15, 0.2) is 0 Å². The Balaban J connectivity index is 1.72. The largest absolute Gasteiger partial charge is 0.378 e. The molecule has 1 saturated heterocycles. The zero-order valence-corrected chi connectivity index (χ0v) is 12.1. The lowest BCUT2D eigenvalue weighted by molar-refractivity contribution is 0.123. The summed E-state index contributed by atoms with van der Waals surface area (Å²) < 4.78 is 5.58. The Morgan fingerprint density at radius 3 is 3.00 bits per heavy atom. The van der Waals surface area contributed by atoms with E-state index in [0.717, 1.165) is 44.0 Å². The predicted octanol–water partition coefficient (Wildman–Crippen LogP) is 2.36. The second-order valence-electron chi connectivity index (χ2n) is 4.96. The molecule has 1 N–H and O–H groups in total. The van der Waals surface area contributed by atoms with Gasteiger partial charge in [0, 0.05) is 12.3 Å². The highest BCUT2D eigenvalue weighted by molar-refractivity contribution is 7.11. The summed E-state index contributed by atoms with van der Waals surface area (Å²) in [5.41, 5.74) is 0. The number of nitrogens with zero attached hydrogens (tertiary/aromatic N) is 2. The van der Waals surface area contributed by atoms with Crippen LogP contribution in [0.3, 0.4) is 0 Å². The number of hydrogen-bond donors (Lipinski definition) is 1. The first-order chi connectivity index (χ1) is 8.79. The van der Waals surface area contributed by atoms with E-state index in [4.69, 9.17) is 4.74 Å². The molecule has 1 aromatic rings. The highest BCUT2D eigenvalue weighted by Crippen LogP contribution is 2.31. The third-order valence-corrected chi connectivity index (χ3v) is 4.35. The standard InChI is InChI=1S/C13H23N3OS/c1-3-6-14-7-4-5-12-15-16-13(18-12)11-8-10(2)17-9-11/h10-11,14H,3-9H2,1-2H3. The van der Waals surface area contributed by atoms with E-state index in [2.05, 4.69) is 29.4 Å². The molecule has 0 bridgehead atoms. The first-order valence-electron chi connectivity index (χ1n) is 6.94. The summed E-state index contributed by atoms with van der Waals surface area (Å²) in [5.74, 6) is 0.476. The highest BCUT2D eigenvalue weighted by atomic mass is 32.1. The Labute approximate surface area is 113 Å². The maximum atomic E-state index is 5.58. The molecule has 5 heteroatoms. The minimum absolute atomic E-state index is 0.376. The quantitative estimate of drug-likeness (QED) is 0.772. The van der Waals surface area contributed by atoms with Crippen LogP contribution >= 0.6 is 11.3 Å². The summed E-state index contributed by atoms with van der Waals surface area (Å²) in [7, 11) is 0. The predicted molar refractivity (Wildman–Crippen MR) is 74.2 cm³/mol. The van der Waals surface area contributed by atoms with Crippen molar-refractivity contribution in [3.05, 3.63) is 10.0 Å². The van der Waals surface area contributed by atoms with Gasteiger partial charge < -0.3 is 10.1 Å². The number of rotatable bonds is 7. The topological polar surface area (TPSA) is 47.0 Å². The Bertz CT molecular complexity index is 356. The molecule has 0 aromatic carbocycles. The fraction of sp³-hybridized carbons (Fsp3) is 0.846. The van der Waals surface area contributed by atoms with Crippen LogP contribution in [-0.2, 0) is 11.2 Å². The van der Waals surface area contributed by atoms with Gasteiger partial charge in [-0.1, -0.05) is 6.92 Å². The molecule has 0 amide bonds. The number of aryl methyl sites for hydroxylation is 1. The van der Waals surface area contributed by atoms with Crippen molar-refractivity contribution in [3.63, 3.8) is 0 Å². The maximum absolute atomic E-state index is 5.58. The van der Waals surface area contributed by atoms with E-state index in [9.17, 15) is 0 Å². The molecule has 1 aromatic heterocycles. The lowest BCUT2D eigenvalue weighted by Crippen LogP contribution is -2.16. The monoisotopic (exact) mass is 269 g/mol. The molecule has 102 valence electrons. The fourth-order valence-corrected chi connectivity index (χ4v) is 3.17. The van der Waals surface area contributed by atoms with Gasteiger partial charge in [0.1, 0.15) is 10.0 Å². The fourth-order valence-electron chi connectivity index (χ4n) is 2.19. The minimum atomic E-state index is 0.376. The Morgan fingerprint density at radius 2 is 2.28 bits per heavy atom. The van der Waals surface area contributed by atoms with Crippen LogP contribution in [0.4, 0.5) is 0 Å². The van der Waals surface area contributed by atoms with E-state index in [1.165, 1.54) is 11.4 Å². The lowest BCUT2D eigenvalue weighted by atomic mass is 10.1. The molecule has 2 heterocycles. The number of hydrogen-bond acceptors (Lipinski definition) is 5. The normalized spacial score (nSPS) is 23.7. The Morgan fingerprint density at radius 1 is 1.39 bits per heavy atom. The van der Waals surface area contributed by atoms with E-state index in [-0.39, 0.29) is 0 Å². The van der Waals surface area contributed by atoms with Gasteiger partial charge in [-0.15, -0.1) is 21.5 Å². The molecular formula is C13H23N3OS. The molecule has 0 radical (unpaired) electrons. The number of nitrogens with one attached hydrogen (secondary N) is 1. The van der Waals surface area contributed by atoms with Crippen molar-refractivity contribution >= 4 is 11.3 Å². The van der Waals surface area contributed by atoms with E-state index >= 15 is 0 Å². The SMILES string of the molecule is CCCNCCCc1nnc(C2COC(C)C2)s1. The maximum Gasteiger partial charge on any atom is 0.122 e. The molecule has 18 heavy (non-hydrogen) atoms. The highest BCUT2D eigenvalue weighted by Gasteiger charge is 2.26. The van der Waals surface area contributed by atoms with Crippen LogP contribution in [0.2, 0.25) is 0 Å². The second kappa shape index (κ2) is 7.16. The molecule has 2 unspecified atom stereocenters. The van der Waals surface area contributed by atoms with Crippen LogP contribution in [-0.4, -0.2) is 36.0 Å². The van der Waals surface area contributed by atoms with E-state index in [1.54, 1.807) is 11.3 Å². The van der Waals surface area contributed by atoms with Crippen LogP contribution in [0.1, 0.15) is 49.0 Å². The smallest absolute Gasteiger partial charge is 0.122 e. The average Bonchev–Trinajstić information content (AvgIpc) is 2.97. The number of ether oxygens (including phenoxy) is 1. The van der Waals surface area contributed by atoms with Gasteiger partial charge in [0.2, 0.25) is 0 Å². The third kappa shape index (κ3) is 4.00. The summed E-state index contributed by atoms with van der Waals surface area (Å²) in [4.78, 5) is 0. The molecule has 1 fully saturated rings. The van der Waals surface area contributed by atoms with Gasteiger partial charge in [-0.25, -0.2) is 0 Å². The van der Waals surface area contributed by atoms with Gasteiger partial charge >= 0.3 is 0 Å². The molecule has 0 saturated carbocycles. The second-order valence-corrected chi connectivity index (χ2v) is 6.06. The van der Waals surface area contributed by atoms with Gasteiger partial charge in [-0.2, -0.15) is 0 Å². The summed E-state index contributed by atoms with van der Waals surface area (Å²) in [6.07, 6.45) is 4.85. The molecule has 1 aliphatic rings. The van der Waals surface area contributed by atoms with E-state index < -0.39 is 0 Å². The summed E-state index contributed by atoms with van der Waals surface area (Å²) in [6, 6.07) is 0. The first kappa shape index (κ1) is 13.9. The Kier molecular flexibility index (Phi) is 5.53. The van der Waals surface area contributed by atoms with Crippen molar-refractivity contribution in [2.75, 3.05) is 19.7 Å². The van der Waals surface area contributed by atoms with Crippen molar-refractivity contribution in [2.45, 2.75) is 51.6 Å². The van der Waals surface area contributed by atoms with E-state index in [0.29, 0.717) is 12.0 Å². The van der Waals surface area contributed by atoms with Gasteiger partial charge in [-0.05, 0) is 39.3 Å². The molecule has 2 rings (SSSR count). The molecule has 0 spiro atoms. The van der Waals surface area contributed by atoms with Crippen LogP contribution in [0.5, 0.6) is 0 Å². The molecule has 2 atom stereocenters. The van der Waals surface area contributed by atoms with Crippen molar-refractivity contribution in [1.29, 1.82) is 0 Å². The van der Waals surface area contributed by atoms with Crippen LogP contribution < -0.4 is 5.32 Å². The average molecular weight is 269 g/mol. The molecular weight excluding hydrogens is 246 g/mol. The minimum Gasteiger partial charge on any atom is -0.378 e. The third-order valence-electron chi connectivity index (χ3n) is 3.20. The van der Waals surface area contributed by atoms with Crippen molar-refractivity contribution in [3.8, 4) is 0 Å². The van der Waals surface area contributed by atoms with Crippen molar-refractivity contribution in [1.82, 2.24) is 15.5 Å². The van der Waals surface area contributed by atoms with Gasteiger partial charge in [0.05, 0.1) is 12.7 Å². The summed E-state index contributed by atoms with van der Waals surface area (Å²) in [5, 5.41) is 14.3. The Hall–Kier alpha value is -0.520. The van der Waals surface area contributed by atoms with Gasteiger partial charge in [-0.3, -0.25) is 0 Å². The summed E-state index contributed by atoms with van der Waals surface area (Å²) in [6.45, 7) is 7.31. The van der Waals surface area contributed by atoms with Crippen molar-refractivity contribution in [2.24, 2.45) is 0 Å². The molecule has 0 aliphatic carbocycles. The zero-order valence-electron chi connectivity index (χ0n) is 11.3. The van der Waals surface area contributed by atoms with E-state index in [1.807, 2.05) is 0 Å². The van der Waals surface area contributed by atoms with Crippen LogP contribution in [0, 0.1) is 0 Å². The summed E-state index contributed by atoms with van der Waals surface area (Å²) >= 11 is 1.77. The first-order valence-corrected chi connectivity index (χ1v) is 7.75. The van der Waals surface area contributed by atoms with Crippen LogP contribution in [0.15, 0.2) is 0 Å².